The number of aromatic nitrogens is 1. The van der Waals surface area contributed by atoms with Gasteiger partial charge in [0.15, 0.2) is 0 Å². The Balaban J connectivity index is 1.57. The molecule has 168 valence electrons. The average molecular weight is 518 g/mol. The number of hydrogen-bond acceptors (Lipinski definition) is 3. The third-order valence-electron chi connectivity index (χ3n) is 5.60. The first-order valence-corrected chi connectivity index (χ1v) is 11.2. The number of barbiturate groups is 1. The van der Waals surface area contributed by atoms with E-state index in [4.69, 9.17) is 0 Å². The van der Waals surface area contributed by atoms with Crippen molar-refractivity contribution in [1.29, 1.82) is 0 Å². The lowest BCUT2D eigenvalue weighted by atomic mass is 10.1. The summed E-state index contributed by atoms with van der Waals surface area (Å²) in [5.41, 5.74) is 2.11. The van der Waals surface area contributed by atoms with Crippen LogP contribution in [0.3, 0.4) is 0 Å². The van der Waals surface area contributed by atoms with E-state index in [9.17, 15) is 18.8 Å². The highest BCUT2D eigenvalue weighted by Gasteiger charge is 2.37. The number of para-hydroxylation sites is 1. The van der Waals surface area contributed by atoms with Gasteiger partial charge in [-0.2, -0.15) is 0 Å². The van der Waals surface area contributed by atoms with Crippen molar-refractivity contribution in [3.8, 4) is 0 Å². The van der Waals surface area contributed by atoms with Gasteiger partial charge in [-0.15, -0.1) is 0 Å². The van der Waals surface area contributed by atoms with Gasteiger partial charge in [0, 0.05) is 32.7 Å². The number of fused-ring (bicyclic) bond motifs is 1. The number of nitrogens with one attached hydrogen (secondary N) is 1. The smallest absolute Gasteiger partial charge is 0.335 e. The van der Waals surface area contributed by atoms with Crippen molar-refractivity contribution in [3.63, 3.8) is 0 Å². The Morgan fingerprint density at radius 3 is 2.38 bits per heavy atom. The lowest BCUT2D eigenvalue weighted by Gasteiger charge is -2.26. The van der Waals surface area contributed by atoms with Gasteiger partial charge in [-0.3, -0.25) is 14.9 Å². The quantitative estimate of drug-likeness (QED) is 0.296. The van der Waals surface area contributed by atoms with Gasteiger partial charge in [0.05, 0.1) is 12.2 Å². The summed E-state index contributed by atoms with van der Waals surface area (Å²) < 4.78 is 16.9. The van der Waals surface area contributed by atoms with Gasteiger partial charge in [0.25, 0.3) is 11.8 Å². The fourth-order valence-corrected chi connectivity index (χ4v) is 4.23. The summed E-state index contributed by atoms with van der Waals surface area (Å²) in [5, 5.41) is 3.03. The van der Waals surface area contributed by atoms with E-state index in [2.05, 4.69) is 21.2 Å². The molecule has 5 rings (SSSR count). The highest BCUT2D eigenvalue weighted by molar-refractivity contribution is 9.10. The first-order valence-electron chi connectivity index (χ1n) is 10.4. The maximum Gasteiger partial charge on any atom is 0.335 e. The molecule has 34 heavy (non-hydrogen) atoms. The Hall–Kier alpha value is -4.04. The molecule has 0 unspecified atom stereocenters. The average Bonchev–Trinajstić information content (AvgIpc) is 3.16. The second-order valence-electron chi connectivity index (χ2n) is 7.76. The molecule has 0 atom stereocenters. The first-order chi connectivity index (χ1) is 16.4. The third-order valence-corrected chi connectivity index (χ3v) is 6.13. The molecule has 0 aliphatic carbocycles. The van der Waals surface area contributed by atoms with Crippen molar-refractivity contribution in [2.75, 3.05) is 4.90 Å². The predicted molar refractivity (Wildman–Crippen MR) is 131 cm³/mol. The maximum absolute atomic E-state index is 14.3. The number of halogens is 2. The van der Waals surface area contributed by atoms with Crippen molar-refractivity contribution >= 4 is 56.4 Å². The van der Waals surface area contributed by atoms with E-state index in [-0.39, 0.29) is 17.9 Å². The topological polar surface area (TPSA) is 71.4 Å². The molecule has 1 aliphatic rings. The second-order valence-corrected chi connectivity index (χ2v) is 8.67. The molecule has 0 spiro atoms. The van der Waals surface area contributed by atoms with E-state index >= 15 is 0 Å². The summed E-state index contributed by atoms with van der Waals surface area (Å²) in [4.78, 5) is 39.2. The minimum atomic E-state index is -0.809. The van der Waals surface area contributed by atoms with Gasteiger partial charge in [0.2, 0.25) is 0 Å². The van der Waals surface area contributed by atoms with E-state index in [1.54, 1.807) is 48.7 Å². The van der Waals surface area contributed by atoms with Crippen LogP contribution in [0.25, 0.3) is 17.0 Å². The normalized spacial score (nSPS) is 15.3. The van der Waals surface area contributed by atoms with Crippen LogP contribution in [0.5, 0.6) is 0 Å². The van der Waals surface area contributed by atoms with Crippen LogP contribution >= 0.6 is 15.9 Å². The molecule has 0 bridgehead atoms. The maximum atomic E-state index is 14.3. The molecule has 6 nitrogen and oxygen atoms in total. The fraction of sp³-hybridized carbons (Fsp3) is 0.0385. The number of rotatable bonds is 4. The molecule has 1 aromatic heterocycles. The Kier molecular flexibility index (Phi) is 5.59. The minimum Gasteiger partial charge on any atom is -0.342 e. The molecule has 1 aliphatic heterocycles. The van der Waals surface area contributed by atoms with Gasteiger partial charge in [-0.05, 0) is 42.5 Å². The van der Waals surface area contributed by atoms with Crippen LogP contribution in [0.2, 0.25) is 0 Å². The lowest BCUT2D eigenvalue weighted by molar-refractivity contribution is -0.122. The van der Waals surface area contributed by atoms with Crippen molar-refractivity contribution in [1.82, 2.24) is 9.88 Å². The van der Waals surface area contributed by atoms with Crippen molar-refractivity contribution in [2.45, 2.75) is 6.54 Å². The summed E-state index contributed by atoms with van der Waals surface area (Å²) in [6, 6.07) is 19.8. The highest BCUT2D eigenvalue weighted by Crippen LogP contribution is 2.28. The van der Waals surface area contributed by atoms with Crippen LogP contribution in [-0.2, 0) is 16.1 Å². The Morgan fingerprint density at radius 2 is 1.62 bits per heavy atom. The largest absolute Gasteiger partial charge is 0.342 e. The highest BCUT2D eigenvalue weighted by atomic mass is 79.9. The Morgan fingerprint density at radius 1 is 0.912 bits per heavy atom. The third kappa shape index (κ3) is 3.92. The number of carbonyl (C=O) groups is 3. The zero-order chi connectivity index (χ0) is 23.8. The number of anilines is 1. The van der Waals surface area contributed by atoms with Crippen LogP contribution in [0.4, 0.5) is 14.9 Å². The number of imide groups is 2. The molecule has 0 saturated carbocycles. The number of hydrogen-bond donors (Lipinski definition) is 1. The van der Waals surface area contributed by atoms with Gasteiger partial charge < -0.3 is 4.57 Å². The van der Waals surface area contributed by atoms with Crippen LogP contribution in [-0.4, -0.2) is 22.4 Å². The molecular weight excluding hydrogens is 501 g/mol. The monoisotopic (exact) mass is 517 g/mol. The van der Waals surface area contributed by atoms with Gasteiger partial charge in [-0.1, -0.05) is 52.3 Å². The summed E-state index contributed by atoms with van der Waals surface area (Å²) >= 11 is 3.32. The van der Waals surface area contributed by atoms with E-state index < -0.39 is 17.8 Å². The van der Waals surface area contributed by atoms with Crippen LogP contribution < -0.4 is 10.2 Å². The zero-order valence-electron chi connectivity index (χ0n) is 17.7. The zero-order valence-corrected chi connectivity index (χ0v) is 19.3. The second kappa shape index (κ2) is 8.72. The van der Waals surface area contributed by atoms with Crippen LogP contribution in [0.1, 0.15) is 11.1 Å². The summed E-state index contributed by atoms with van der Waals surface area (Å²) in [5.74, 6) is -1.80. The molecular formula is C26H17BrFN3O3. The number of benzene rings is 3. The van der Waals surface area contributed by atoms with Crippen LogP contribution in [0.15, 0.2) is 89.0 Å². The standard InChI is InChI=1S/C26H17BrFN3O3/c27-18-9-11-19(12-10-18)31-25(33)21(24(32)29-26(31)34)13-17-15-30(23-8-4-2-6-20(17)23)14-16-5-1-3-7-22(16)28/h1-13,15H,14H2,(H,29,32,34). The number of amides is 4. The van der Waals surface area contributed by atoms with Crippen molar-refractivity contribution in [2.24, 2.45) is 0 Å². The van der Waals surface area contributed by atoms with Gasteiger partial charge in [0.1, 0.15) is 11.4 Å². The van der Waals surface area contributed by atoms with Gasteiger partial charge >= 0.3 is 6.03 Å². The van der Waals surface area contributed by atoms with E-state index in [0.717, 1.165) is 20.3 Å². The van der Waals surface area contributed by atoms with E-state index in [1.165, 1.54) is 12.1 Å². The van der Waals surface area contributed by atoms with E-state index in [1.807, 2.05) is 28.8 Å². The SMILES string of the molecule is O=C1NC(=O)N(c2ccc(Br)cc2)C(=O)C1=Cc1cn(Cc2ccccc2F)c2ccccc12. The fourth-order valence-electron chi connectivity index (χ4n) is 3.97. The van der Waals surface area contributed by atoms with Crippen molar-refractivity contribution < 1.29 is 18.8 Å². The number of nitrogens with zero attached hydrogens (tertiary/aromatic N) is 2. The molecule has 0 radical (unpaired) electrons. The molecule has 4 aromatic rings. The Labute approximate surface area is 202 Å². The summed E-state index contributed by atoms with van der Waals surface area (Å²) in [6.07, 6.45) is 3.24. The summed E-state index contributed by atoms with van der Waals surface area (Å²) in [6.45, 7) is 0.278. The molecule has 1 saturated heterocycles. The van der Waals surface area contributed by atoms with Gasteiger partial charge in [-0.25, -0.2) is 14.1 Å². The molecule has 2 heterocycles. The lowest BCUT2D eigenvalue weighted by Crippen LogP contribution is -2.54. The van der Waals surface area contributed by atoms with E-state index in [0.29, 0.717) is 16.8 Å². The predicted octanol–water partition coefficient (Wildman–Crippen LogP) is 5.26. The molecule has 1 fully saturated rings. The molecule has 8 heteroatoms. The summed E-state index contributed by atoms with van der Waals surface area (Å²) in [7, 11) is 0. The Bertz CT molecular complexity index is 1490. The number of carbonyl (C=O) groups excluding carboxylic acids is 3. The number of urea groups is 1. The first kappa shape index (κ1) is 21.8. The van der Waals surface area contributed by atoms with Crippen LogP contribution in [0, 0.1) is 5.82 Å². The molecule has 3 aromatic carbocycles. The molecule has 4 amide bonds. The van der Waals surface area contributed by atoms with Crippen molar-refractivity contribution in [3.05, 3.63) is 106 Å². The molecule has 1 N–H and O–H groups in total. The minimum absolute atomic E-state index is 0.170.